The molecule has 0 aliphatic heterocycles. The van der Waals surface area contributed by atoms with E-state index in [1.165, 1.54) is 0 Å². The van der Waals surface area contributed by atoms with Gasteiger partial charge in [0.05, 0.1) is 5.69 Å². The van der Waals surface area contributed by atoms with Crippen LogP contribution >= 0.6 is 0 Å². The van der Waals surface area contributed by atoms with Crippen molar-refractivity contribution in [3.8, 4) is 11.3 Å². The highest BCUT2D eigenvalue weighted by Crippen LogP contribution is 2.24. The van der Waals surface area contributed by atoms with Crippen molar-refractivity contribution in [2.45, 2.75) is 20.3 Å². The Morgan fingerprint density at radius 3 is 2.53 bits per heavy atom. The average molecular weight is 231 g/mol. The number of oxazole rings is 1. The van der Waals surface area contributed by atoms with E-state index in [4.69, 9.17) is 9.52 Å². The molecular formula is C13H13NO3. The number of aryl methyl sites for hydroxylation is 2. The first kappa shape index (κ1) is 11.4. The minimum absolute atomic E-state index is 0.188. The summed E-state index contributed by atoms with van der Waals surface area (Å²) in [6.45, 7) is 3.82. The predicted molar refractivity (Wildman–Crippen MR) is 62.8 cm³/mol. The maximum atomic E-state index is 10.6. The first-order valence-electron chi connectivity index (χ1n) is 5.31. The van der Waals surface area contributed by atoms with Crippen LogP contribution in [0.3, 0.4) is 0 Å². The molecule has 1 aromatic heterocycles. The van der Waals surface area contributed by atoms with E-state index in [0.29, 0.717) is 11.5 Å². The Morgan fingerprint density at radius 1 is 1.29 bits per heavy atom. The second-order valence-electron chi connectivity index (χ2n) is 3.96. The number of aromatic nitrogens is 1. The van der Waals surface area contributed by atoms with Gasteiger partial charge in [0, 0.05) is 5.56 Å². The molecule has 1 heterocycles. The van der Waals surface area contributed by atoms with E-state index >= 15 is 0 Å². The van der Waals surface area contributed by atoms with E-state index in [0.717, 1.165) is 11.1 Å². The van der Waals surface area contributed by atoms with E-state index < -0.39 is 5.97 Å². The lowest BCUT2D eigenvalue weighted by Gasteiger charge is -1.98. The number of hydrogen-bond acceptors (Lipinski definition) is 3. The molecule has 0 radical (unpaired) electrons. The summed E-state index contributed by atoms with van der Waals surface area (Å²) in [5.74, 6) is -0.0615. The van der Waals surface area contributed by atoms with E-state index in [2.05, 4.69) is 4.98 Å². The van der Waals surface area contributed by atoms with Gasteiger partial charge in [0.1, 0.15) is 6.42 Å². The van der Waals surface area contributed by atoms with E-state index in [1.54, 1.807) is 0 Å². The third-order valence-corrected chi connectivity index (χ3v) is 2.46. The molecule has 2 rings (SSSR count). The summed E-state index contributed by atoms with van der Waals surface area (Å²) in [6.07, 6.45) is -0.188. The third kappa shape index (κ3) is 2.53. The van der Waals surface area contributed by atoms with Crippen LogP contribution in [0.2, 0.25) is 0 Å². The van der Waals surface area contributed by atoms with Gasteiger partial charge in [-0.2, -0.15) is 0 Å². The Balaban J connectivity index is 2.35. The number of benzene rings is 1. The molecule has 1 N–H and O–H groups in total. The summed E-state index contributed by atoms with van der Waals surface area (Å²) in [4.78, 5) is 14.7. The van der Waals surface area contributed by atoms with Crippen molar-refractivity contribution in [2.24, 2.45) is 0 Å². The van der Waals surface area contributed by atoms with Gasteiger partial charge < -0.3 is 9.52 Å². The summed E-state index contributed by atoms with van der Waals surface area (Å²) in [6, 6.07) is 7.84. The van der Waals surface area contributed by atoms with Gasteiger partial charge in [-0.15, -0.1) is 0 Å². The van der Waals surface area contributed by atoms with Gasteiger partial charge in [0.15, 0.2) is 5.76 Å². The van der Waals surface area contributed by atoms with Crippen LogP contribution in [-0.4, -0.2) is 16.1 Å². The number of carboxylic acid groups (broad SMARTS) is 1. The summed E-state index contributed by atoms with van der Waals surface area (Å²) in [7, 11) is 0. The molecule has 0 spiro atoms. The zero-order valence-electron chi connectivity index (χ0n) is 9.73. The van der Waals surface area contributed by atoms with Gasteiger partial charge in [-0.1, -0.05) is 29.8 Å². The van der Waals surface area contributed by atoms with Crippen LogP contribution in [0.5, 0.6) is 0 Å². The molecule has 0 unspecified atom stereocenters. The van der Waals surface area contributed by atoms with Crippen LogP contribution < -0.4 is 0 Å². The lowest BCUT2D eigenvalue weighted by molar-refractivity contribution is -0.136. The van der Waals surface area contributed by atoms with Crippen molar-refractivity contribution in [3.05, 3.63) is 41.4 Å². The number of carboxylic acids is 1. The van der Waals surface area contributed by atoms with Crippen molar-refractivity contribution in [3.63, 3.8) is 0 Å². The van der Waals surface area contributed by atoms with Crippen molar-refractivity contribution in [2.75, 3.05) is 0 Å². The van der Waals surface area contributed by atoms with Crippen LogP contribution in [0.15, 0.2) is 28.7 Å². The SMILES string of the molecule is Cc1ccc(-c2oc(CC(=O)O)nc2C)cc1. The Kier molecular flexibility index (Phi) is 2.95. The molecule has 0 atom stereocenters. The zero-order valence-corrected chi connectivity index (χ0v) is 9.73. The molecule has 17 heavy (non-hydrogen) atoms. The largest absolute Gasteiger partial charge is 0.481 e. The lowest BCUT2D eigenvalue weighted by Crippen LogP contribution is -1.99. The van der Waals surface area contributed by atoms with Gasteiger partial charge in [0.2, 0.25) is 5.89 Å². The normalized spacial score (nSPS) is 10.5. The summed E-state index contributed by atoms with van der Waals surface area (Å²) in [5, 5.41) is 8.67. The number of hydrogen-bond donors (Lipinski definition) is 1. The van der Waals surface area contributed by atoms with Crippen molar-refractivity contribution >= 4 is 5.97 Å². The fourth-order valence-electron chi connectivity index (χ4n) is 1.63. The molecule has 0 bridgehead atoms. The molecule has 0 amide bonds. The van der Waals surface area contributed by atoms with Crippen molar-refractivity contribution in [1.82, 2.24) is 4.98 Å². The fraction of sp³-hybridized carbons (Fsp3) is 0.231. The maximum absolute atomic E-state index is 10.6. The Labute approximate surface area is 98.9 Å². The molecule has 2 aromatic rings. The highest BCUT2D eigenvalue weighted by Gasteiger charge is 2.13. The second-order valence-corrected chi connectivity index (χ2v) is 3.96. The zero-order chi connectivity index (χ0) is 12.4. The topological polar surface area (TPSA) is 63.3 Å². The van der Waals surface area contributed by atoms with Gasteiger partial charge in [-0.05, 0) is 13.8 Å². The van der Waals surface area contributed by atoms with Crippen molar-refractivity contribution < 1.29 is 14.3 Å². The molecule has 4 heteroatoms. The average Bonchev–Trinajstić information content (AvgIpc) is 2.59. The molecule has 0 aliphatic rings. The van der Waals surface area contributed by atoms with Crippen LogP contribution in [0.1, 0.15) is 17.1 Å². The van der Waals surface area contributed by atoms with Crippen molar-refractivity contribution in [1.29, 1.82) is 0 Å². The fourth-order valence-corrected chi connectivity index (χ4v) is 1.63. The van der Waals surface area contributed by atoms with Gasteiger partial charge in [-0.3, -0.25) is 4.79 Å². The van der Waals surface area contributed by atoms with Gasteiger partial charge >= 0.3 is 5.97 Å². The summed E-state index contributed by atoms with van der Waals surface area (Å²) in [5.41, 5.74) is 2.79. The lowest BCUT2D eigenvalue weighted by atomic mass is 10.1. The third-order valence-electron chi connectivity index (χ3n) is 2.46. The van der Waals surface area contributed by atoms with E-state index in [9.17, 15) is 4.79 Å². The molecule has 4 nitrogen and oxygen atoms in total. The van der Waals surface area contributed by atoms with Crippen LogP contribution in [0, 0.1) is 13.8 Å². The number of carbonyl (C=O) groups is 1. The highest BCUT2D eigenvalue weighted by atomic mass is 16.4. The minimum atomic E-state index is -0.943. The molecule has 1 aromatic carbocycles. The smallest absolute Gasteiger partial charge is 0.312 e. The Bertz CT molecular complexity index is 540. The maximum Gasteiger partial charge on any atom is 0.312 e. The van der Waals surface area contributed by atoms with Crippen LogP contribution in [0.4, 0.5) is 0 Å². The summed E-state index contributed by atoms with van der Waals surface area (Å²) < 4.78 is 5.46. The number of nitrogens with zero attached hydrogens (tertiary/aromatic N) is 1. The van der Waals surface area contributed by atoms with Gasteiger partial charge in [-0.25, -0.2) is 4.98 Å². The Morgan fingerprint density at radius 2 is 1.94 bits per heavy atom. The highest BCUT2D eigenvalue weighted by molar-refractivity contribution is 5.69. The molecular weight excluding hydrogens is 218 g/mol. The quantitative estimate of drug-likeness (QED) is 0.881. The first-order valence-corrected chi connectivity index (χ1v) is 5.31. The second kappa shape index (κ2) is 4.41. The van der Waals surface area contributed by atoms with Crippen LogP contribution in [0.25, 0.3) is 11.3 Å². The van der Waals surface area contributed by atoms with E-state index in [-0.39, 0.29) is 12.3 Å². The summed E-state index contributed by atoms with van der Waals surface area (Å²) >= 11 is 0. The van der Waals surface area contributed by atoms with E-state index in [1.807, 2.05) is 38.1 Å². The minimum Gasteiger partial charge on any atom is -0.481 e. The Hall–Kier alpha value is -2.10. The molecule has 88 valence electrons. The molecule has 0 saturated heterocycles. The van der Waals surface area contributed by atoms with Crippen LogP contribution in [-0.2, 0) is 11.2 Å². The molecule has 0 aliphatic carbocycles. The molecule has 0 fully saturated rings. The number of aliphatic carboxylic acids is 1. The monoisotopic (exact) mass is 231 g/mol. The molecule has 0 saturated carbocycles. The standard InChI is InChI=1S/C13H13NO3/c1-8-3-5-10(6-4-8)13-9(2)14-11(17-13)7-12(15)16/h3-6H,7H2,1-2H3,(H,15,16). The number of rotatable bonds is 3. The van der Waals surface area contributed by atoms with Gasteiger partial charge in [0.25, 0.3) is 0 Å². The predicted octanol–water partition coefficient (Wildman–Crippen LogP) is 2.59. The first-order chi connectivity index (χ1) is 8.06.